The summed E-state index contributed by atoms with van der Waals surface area (Å²) in [5.74, 6) is 0. The van der Waals surface area contributed by atoms with E-state index in [1.165, 1.54) is 0 Å². The lowest BCUT2D eigenvalue weighted by atomic mass is 10.2. The minimum absolute atomic E-state index is 0.347. The van der Waals surface area contributed by atoms with E-state index in [0.29, 0.717) is 32.9 Å². The number of benzene rings is 2. The van der Waals surface area contributed by atoms with Crippen molar-refractivity contribution in [2.45, 2.75) is 13.8 Å². The minimum Gasteiger partial charge on any atom is -0.249 e. The zero-order valence-electron chi connectivity index (χ0n) is 15.7. The van der Waals surface area contributed by atoms with E-state index >= 15 is 0 Å². The average molecular weight is 698 g/mol. The van der Waals surface area contributed by atoms with Gasteiger partial charge in [-0.3, -0.25) is 0 Å². The molecule has 0 atom stereocenters. The molecule has 0 aliphatic carbocycles. The van der Waals surface area contributed by atoms with Gasteiger partial charge in [0.15, 0.2) is 0 Å². The number of halogens is 6. The molecule has 0 N–H and O–H groups in total. The van der Waals surface area contributed by atoms with Crippen LogP contribution in [0.4, 0.5) is 11.4 Å². The molecule has 0 fully saturated rings. The van der Waals surface area contributed by atoms with Gasteiger partial charge in [-0.15, -0.1) is 0 Å². The fourth-order valence-electron chi connectivity index (χ4n) is 2.56. The van der Waals surface area contributed by atoms with Gasteiger partial charge < -0.3 is 0 Å². The van der Waals surface area contributed by atoms with E-state index in [1.807, 2.05) is 50.2 Å². The molecule has 0 spiro atoms. The van der Waals surface area contributed by atoms with Crippen LogP contribution in [0.3, 0.4) is 0 Å². The number of aromatic nitrogens is 1. The van der Waals surface area contributed by atoms with Crippen molar-refractivity contribution in [3.8, 4) is 0 Å². The van der Waals surface area contributed by atoms with Crippen molar-refractivity contribution in [3.05, 3.63) is 81.8 Å². The third-order valence-electron chi connectivity index (χ3n) is 4.06. The molecule has 0 saturated carbocycles. The highest BCUT2D eigenvalue weighted by molar-refractivity contribution is 9.11. The molecule has 0 radical (unpaired) electrons. The van der Waals surface area contributed by atoms with E-state index in [4.69, 9.17) is 38.2 Å². The SMILES string of the molecule is CC(=Nc1c(Br)cccc1Br)c1cc(Cl)c(Cl)c(C(C)=Nc2c(Br)cccc2Br)n1. The standard InChI is InChI=1S/C21H13Br4Cl2N3/c1-10(28-20-12(22)5-3-6-13(20)23)17-9-16(26)18(27)19(30-17)11(2)29-21-14(24)7-4-8-15(21)25/h3-9H,1-2H3. The zero-order chi connectivity index (χ0) is 22.0. The lowest BCUT2D eigenvalue weighted by Crippen LogP contribution is -2.07. The summed E-state index contributed by atoms with van der Waals surface area (Å²) in [5.41, 5.74) is 3.96. The highest BCUT2D eigenvalue weighted by atomic mass is 79.9. The average Bonchev–Trinajstić information content (AvgIpc) is 2.69. The van der Waals surface area contributed by atoms with E-state index in [0.717, 1.165) is 29.3 Å². The maximum Gasteiger partial charge on any atom is 0.105 e. The Morgan fingerprint density at radius 1 is 0.767 bits per heavy atom. The van der Waals surface area contributed by atoms with Crippen LogP contribution >= 0.6 is 86.9 Å². The molecule has 2 aromatic carbocycles. The number of pyridine rings is 1. The summed E-state index contributed by atoms with van der Waals surface area (Å²) >= 11 is 27.0. The molecule has 9 heteroatoms. The third kappa shape index (κ3) is 5.43. The molecule has 30 heavy (non-hydrogen) atoms. The molecule has 0 aliphatic rings. The van der Waals surface area contributed by atoms with E-state index in [9.17, 15) is 0 Å². The Hall–Kier alpha value is -0.570. The maximum atomic E-state index is 6.47. The number of nitrogens with zero attached hydrogens (tertiary/aromatic N) is 3. The second kappa shape index (κ2) is 10.4. The topological polar surface area (TPSA) is 37.6 Å². The van der Waals surface area contributed by atoms with Gasteiger partial charge in [-0.1, -0.05) is 35.3 Å². The first-order valence-corrected chi connectivity index (χ1v) is 12.5. The Morgan fingerprint density at radius 3 is 1.67 bits per heavy atom. The van der Waals surface area contributed by atoms with Crippen LogP contribution in [0.2, 0.25) is 10.0 Å². The molecule has 0 amide bonds. The molecular formula is C21H13Br4Cl2N3. The molecule has 1 heterocycles. The molecule has 1 aromatic heterocycles. The van der Waals surface area contributed by atoms with Crippen molar-refractivity contribution in [2.24, 2.45) is 9.98 Å². The first kappa shape index (κ1) is 24.1. The van der Waals surface area contributed by atoms with Gasteiger partial charge in [0.1, 0.15) is 5.69 Å². The van der Waals surface area contributed by atoms with Crippen LogP contribution in [0.5, 0.6) is 0 Å². The first-order valence-electron chi connectivity index (χ1n) is 8.54. The Kier molecular flexibility index (Phi) is 8.32. The summed E-state index contributed by atoms with van der Waals surface area (Å²) in [4.78, 5) is 14.1. The third-order valence-corrected chi connectivity index (χ3v) is 7.40. The number of hydrogen-bond donors (Lipinski definition) is 0. The largest absolute Gasteiger partial charge is 0.249 e. The van der Waals surface area contributed by atoms with Crippen molar-refractivity contribution in [1.82, 2.24) is 4.98 Å². The molecule has 0 saturated heterocycles. The van der Waals surface area contributed by atoms with E-state index in [-0.39, 0.29) is 0 Å². The van der Waals surface area contributed by atoms with Crippen LogP contribution in [0.1, 0.15) is 25.2 Å². The van der Waals surface area contributed by atoms with Gasteiger partial charge in [0.05, 0.1) is 38.5 Å². The van der Waals surface area contributed by atoms with Crippen LogP contribution < -0.4 is 0 Å². The summed E-state index contributed by atoms with van der Waals surface area (Å²) in [7, 11) is 0. The van der Waals surface area contributed by atoms with Gasteiger partial charge >= 0.3 is 0 Å². The number of hydrogen-bond acceptors (Lipinski definition) is 3. The lowest BCUT2D eigenvalue weighted by Gasteiger charge is -2.10. The minimum atomic E-state index is 0.347. The number of para-hydroxylation sites is 2. The fourth-order valence-corrected chi connectivity index (χ4v) is 5.34. The molecule has 3 rings (SSSR count). The van der Waals surface area contributed by atoms with E-state index in [2.05, 4.69) is 63.7 Å². The Balaban J connectivity index is 2.11. The summed E-state index contributed by atoms with van der Waals surface area (Å²) in [6.45, 7) is 3.72. The Bertz CT molecular complexity index is 1150. The van der Waals surface area contributed by atoms with E-state index in [1.54, 1.807) is 6.07 Å². The van der Waals surface area contributed by atoms with Crippen LogP contribution in [0.15, 0.2) is 70.3 Å². The molecule has 0 aliphatic heterocycles. The van der Waals surface area contributed by atoms with Crippen molar-refractivity contribution in [3.63, 3.8) is 0 Å². The molecule has 154 valence electrons. The number of aliphatic imine (C=N–C) groups is 2. The second-order valence-corrected chi connectivity index (χ2v) is 10.4. The second-order valence-electron chi connectivity index (χ2n) is 6.19. The molecule has 0 bridgehead atoms. The molecular weight excluding hydrogens is 685 g/mol. The zero-order valence-corrected chi connectivity index (χ0v) is 23.5. The predicted molar refractivity (Wildman–Crippen MR) is 142 cm³/mol. The van der Waals surface area contributed by atoms with Crippen molar-refractivity contribution < 1.29 is 0 Å². The van der Waals surface area contributed by atoms with Gasteiger partial charge in [0.2, 0.25) is 0 Å². The van der Waals surface area contributed by atoms with Crippen molar-refractivity contribution in [2.75, 3.05) is 0 Å². The Labute approximate surface area is 218 Å². The van der Waals surface area contributed by atoms with Crippen molar-refractivity contribution in [1.29, 1.82) is 0 Å². The number of rotatable bonds is 4. The first-order chi connectivity index (χ1) is 14.2. The molecule has 3 aromatic rings. The Morgan fingerprint density at radius 2 is 1.20 bits per heavy atom. The van der Waals surface area contributed by atoms with Gasteiger partial charge in [0, 0.05) is 17.9 Å². The monoisotopic (exact) mass is 693 g/mol. The highest BCUT2D eigenvalue weighted by Gasteiger charge is 2.16. The predicted octanol–water partition coefficient (Wildman–Crippen LogP) is 9.72. The van der Waals surface area contributed by atoms with Gasteiger partial charge in [-0.05, 0) is 108 Å². The van der Waals surface area contributed by atoms with Crippen LogP contribution in [0.25, 0.3) is 0 Å². The maximum absolute atomic E-state index is 6.47. The summed E-state index contributed by atoms with van der Waals surface area (Å²) in [5, 5.41) is 0.734. The normalized spacial score (nSPS) is 12.4. The van der Waals surface area contributed by atoms with Gasteiger partial charge in [0.25, 0.3) is 0 Å². The van der Waals surface area contributed by atoms with Gasteiger partial charge in [-0.25, -0.2) is 15.0 Å². The lowest BCUT2D eigenvalue weighted by molar-refractivity contribution is 1.23. The van der Waals surface area contributed by atoms with Crippen LogP contribution in [-0.4, -0.2) is 16.4 Å². The molecule has 0 unspecified atom stereocenters. The fraction of sp³-hybridized carbons (Fsp3) is 0.0952. The smallest absolute Gasteiger partial charge is 0.105 e. The van der Waals surface area contributed by atoms with Crippen molar-refractivity contribution >= 4 is 110 Å². The van der Waals surface area contributed by atoms with E-state index < -0.39 is 0 Å². The quantitative estimate of drug-likeness (QED) is 0.250. The summed E-state index contributed by atoms with van der Waals surface area (Å²) < 4.78 is 3.44. The summed E-state index contributed by atoms with van der Waals surface area (Å²) in [6.07, 6.45) is 0. The summed E-state index contributed by atoms with van der Waals surface area (Å²) in [6, 6.07) is 13.2. The highest BCUT2D eigenvalue weighted by Crippen LogP contribution is 2.36. The van der Waals surface area contributed by atoms with Crippen LogP contribution in [-0.2, 0) is 0 Å². The van der Waals surface area contributed by atoms with Gasteiger partial charge in [-0.2, -0.15) is 0 Å². The van der Waals surface area contributed by atoms with Crippen LogP contribution in [0, 0.1) is 0 Å². The molecule has 3 nitrogen and oxygen atoms in total.